The van der Waals surface area contributed by atoms with Gasteiger partial charge in [-0.15, -0.1) is 0 Å². The van der Waals surface area contributed by atoms with Gasteiger partial charge in [-0.25, -0.2) is 9.67 Å². The predicted octanol–water partition coefficient (Wildman–Crippen LogP) is 4.28. The monoisotopic (exact) mass is 378 g/mol. The van der Waals surface area contributed by atoms with Gasteiger partial charge in [-0.05, 0) is 55.3 Å². The topological polar surface area (TPSA) is 60.2 Å². The van der Waals surface area contributed by atoms with Crippen molar-refractivity contribution in [3.05, 3.63) is 72.3 Å². The molecule has 6 heteroatoms. The van der Waals surface area contributed by atoms with Gasteiger partial charge in [-0.1, -0.05) is 25.5 Å². The van der Waals surface area contributed by atoms with Crippen molar-refractivity contribution in [1.82, 2.24) is 19.7 Å². The molecule has 1 aromatic heterocycles. The van der Waals surface area contributed by atoms with Gasteiger partial charge in [0.2, 0.25) is 0 Å². The number of nitrogens with zero attached hydrogens (tertiary/aromatic N) is 4. The van der Waals surface area contributed by atoms with E-state index in [-0.39, 0.29) is 11.9 Å². The third-order valence-electron chi connectivity index (χ3n) is 4.83. The van der Waals surface area contributed by atoms with Gasteiger partial charge in [0.25, 0.3) is 5.91 Å². The van der Waals surface area contributed by atoms with Crippen LogP contribution in [0.25, 0.3) is 5.69 Å². The summed E-state index contributed by atoms with van der Waals surface area (Å²) < 4.78 is 7.37. The van der Waals surface area contributed by atoms with Gasteiger partial charge in [0.05, 0.1) is 18.3 Å². The predicted molar refractivity (Wildman–Crippen MR) is 109 cm³/mol. The smallest absolute Gasteiger partial charge is 0.254 e. The van der Waals surface area contributed by atoms with Gasteiger partial charge in [0.15, 0.2) is 0 Å². The number of rotatable bonds is 8. The van der Waals surface area contributed by atoms with Crippen LogP contribution in [-0.4, -0.2) is 39.2 Å². The summed E-state index contributed by atoms with van der Waals surface area (Å²) in [4.78, 5) is 18.6. The maximum atomic E-state index is 12.8. The van der Waals surface area contributed by atoms with Crippen LogP contribution in [0.2, 0.25) is 0 Å². The van der Waals surface area contributed by atoms with E-state index < -0.39 is 0 Å². The molecule has 0 N–H and O–H groups in total. The number of unbranched alkanes of at least 4 members (excludes halogenated alkanes) is 1. The van der Waals surface area contributed by atoms with Crippen molar-refractivity contribution in [3.8, 4) is 11.4 Å². The van der Waals surface area contributed by atoms with E-state index >= 15 is 0 Å². The number of hydrogen-bond donors (Lipinski definition) is 0. The molecule has 1 heterocycles. The number of hydrogen-bond acceptors (Lipinski definition) is 4. The van der Waals surface area contributed by atoms with Gasteiger partial charge in [0, 0.05) is 12.6 Å². The zero-order valence-corrected chi connectivity index (χ0v) is 16.6. The van der Waals surface area contributed by atoms with Gasteiger partial charge in [-0.2, -0.15) is 5.10 Å². The van der Waals surface area contributed by atoms with E-state index in [1.807, 2.05) is 62.5 Å². The largest absolute Gasteiger partial charge is 0.494 e. The van der Waals surface area contributed by atoms with Crippen LogP contribution in [0, 0.1) is 0 Å². The van der Waals surface area contributed by atoms with Crippen molar-refractivity contribution in [2.75, 3.05) is 13.7 Å². The molecule has 0 saturated carbocycles. The molecule has 3 aromatic rings. The molecule has 0 spiro atoms. The van der Waals surface area contributed by atoms with E-state index in [9.17, 15) is 4.79 Å². The van der Waals surface area contributed by atoms with E-state index in [0.717, 1.165) is 29.8 Å². The minimum absolute atomic E-state index is 0.0204. The molecule has 0 bridgehead atoms. The number of aromatic nitrogens is 3. The van der Waals surface area contributed by atoms with Crippen LogP contribution in [-0.2, 0) is 0 Å². The molecule has 0 fully saturated rings. The highest BCUT2D eigenvalue weighted by atomic mass is 16.5. The Morgan fingerprint density at radius 2 is 1.86 bits per heavy atom. The second-order valence-electron chi connectivity index (χ2n) is 6.75. The summed E-state index contributed by atoms with van der Waals surface area (Å²) in [5.74, 6) is 0.775. The summed E-state index contributed by atoms with van der Waals surface area (Å²) in [7, 11) is 1.82. The lowest BCUT2D eigenvalue weighted by molar-refractivity contribution is 0.0742. The molecule has 2 aromatic carbocycles. The maximum absolute atomic E-state index is 12.8. The molecule has 0 aliphatic rings. The molecule has 0 saturated heterocycles. The van der Waals surface area contributed by atoms with Crippen molar-refractivity contribution < 1.29 is 9.53 Å². The van der Waals surface area contributed by atoms with Crippen LogP contribution >= 0.6 is 0 Å². The quantitative estimate of drug-likeness (QED) is 0.549. The van der Waals surface area contributed by atoms with Crippen molar-refractivity contribution in [3.63, 3.8) is 0 Å². The van der Waals surface area contributed by atoms with Crippen LogP contribution < -0.4 is 4.74 Å². The number of ether oxygens (including phenoxy) is 1. The zero-order chi connectivity index (χ0) is 19.9. The highest BCUT2D eigenvalue weighted by Crippen LogP contribution is 2.23. The molecule has 1 atom stereocenters. The summed E-state index contributed by atoms with van der Waals surface area (Å²) >= 11 is 0. The van der Waals surface area contributed by atoms with Crippen molar-refractivity contribution >= 4 is 5.91 Å². The van der Waals surface area contributed by atoms with E-state index in [2.05, 4.69) is 17.0 Å². The average molecular weight is 378 g/mol. The molecule has 6 nitrogen and oxygen atoms in total. The summed E-state index contributed by atoms with van der Waals surface area (Å²) in [6.45, 7) is 4.85. The fourth-order valence-electron chi connectivity index (χ4n) is 2.88. The Morgan fingerprint density at radius 3 is 2.46 bits per heavy atom. The highest BCUT2D eigenvalue weighted by Gasteiger charge is 2.19. The Balaban J connectivity index is 1.65. The second kappa shape index (κ2) is 9.17. The van der Waals surface area contributed by atoms with Gasteiger partial charge in [0.1, 0.15) is 18.4 Å². The van der Waals surface area contributed by atoms with Crippen LogP contribution in [0.1, 0.15) is 48.7 Å². The fraction of sp³-hybridized carbons (Fsp3) is 0.318. The molecular formula is C22H26N4O2. The van der Waals surface area contributed by atoms with Crippen molar-refractivity contribution in [2.24, 2.45) is 0 Å². The zero-order valence-electron chi connectivity index (χ0n) is 16.6. The normalized spacial score (nSPS) is 11.8. The van der Waals surface area contributed by atoms with Crippen molar-refractivity contribution in [1.29, 1.82) is 0 Å². The highest BCUT2D eigenvalue weighted by molar-refractivity contribution is 5.94. The Labute approximate surface area is 165 Å². The molecule has 0 radical (unpaired) electrons. The third-order valence-corrected chi connectivity index (χ3v) is 4.83. The third kappa shape index (κ3) is 4.57. The van der Waals surface area contributed by atoms with Crippen LogP contribution in [0.4, 0.5) is 0 Å². The van der Waals surface area contributed by atoms with Gasteiger partial charge in [-0.3, -0.25) is 4.79 Å². The standard InChI is InChI=1S/C22H26N4O2/c1-4-5-14-28-21-12-8-19(9-13-21)22(27)25(3)17(2)18-6-10-20(11-7-18)26-16-23-15-24-26/h6-13,15-17H,4-5,14H2,1-3H3/t17-/m1/s1. The van der Waals surface area contributed by atoms with E-state index in [1.54, 1.807) is 15.9 Å². The lowest BCUT2D eigenvalue weighted by atomic mass is 10.1. The van der Waals surface area contributed by atoms with E-state index in [4.69, 9.17) is 4.74 Å². The van der Waals surface area contributed by atoms with Gasteiger partial charge < -0.3 is 9.64 Å². The Kier molecular flexibility index (Phi) is 6.42. The number of amides is 1. The number of carbonyl (C=O) groups is 1. The molecule has 0 aliphatic heterocycles. The van der Waals surface area contributed by atoms with Crippen LogP contribution in [0.3, 0.4) is 0 Å². The maximum Gasteiger partial charge on any atom is 0.254 e. The fourth-order valence-corrected chi connectivity index (χ4v) is 2.88. The average Bonchev–Trinajstić information content (AvgIpc) is 3.28. The van der Waals surface area contributed by atoms with E-state index in [0.29, 0.717) is 12.2 Å². The summed E-state index contributed by atoms with van der Waals surface area (Å²) in [5, 5.41) is 4.13. The number of benzene rings is 2. The molecule has 3 rings (SSSR count). The molecular weight excluding hydrogens is 352 g/mol. The lowest BCUT2D eigenvalue weighted by Gasteiger charge is -2.25. The summed E-state index contributed by atoms with van der Waals surface area (Å²) in [6.07, 6.45) is 5.28. The molecule has 28 heavy (non-hydrogen) atoms. The van der Waals surface area contributed by atoms with Crippen LogP contribution in [0.15, 0.2) is 61.2 Å². The minimum Gasteiger partial charge on any atom is -0.494 e. The Morgan fingerprint density at radius 1 is 1.14 bits per heavy atom. The first-order valence-electron chi connectivity index (χ1n) is 9.55. The van der Waals surface area contributed by atoms with Crippen LogP contribution in [0.5, 0.6) is 5.75 Å². The van der Waals surface area contributed by atoms with E-state index in [1.165, 1.54) is 6.33 Å². The Bertz CT molecular complexity index is 874. The molecule has 1 amide bonds. The number of carbonyl (C=O) groups excluding carboxylic acids is 1. The Hall–Kier alpha value is -3.15. The first-order valence-corrected chi connectivity index (χ1v) is 9.55. The first kappa shape index (κ1) is 19.6. The summed E-state index contributed by atoms with van der Waals surface area (Å²) in [5.41, 5.74) is 2.64. The molecule has 0 aliphatic carbocycles. The lowest BCUT2D eigenvalue weighted by Crippen LogP contribution is -2.29. The summed E-state index contributed by atoms with van der Waals surface area (Å²) in [6, 6.07) is 15.3. The molecule has 0 unspecified atom stereocenters. The van der Waals surface area contributed by atoms with Crippen molar-refractivity contribution in [2.45, 2.75) is 32.7 Å². The minimum atomic E-state index is -0.0576. The SMILES string of the molecule is CCCCOc1ccc(C(=O)N(C)[C@H](C)c2ccc(-n3cncn3)cc2)cc1. The molecule has 146 valence electrons. The second-order valence-corrected chi connectivity index (χ2v) is 6.75. The van der Waals surface area contributed by atoms with Gasteiger partial charge >= 0.3 is 0 Å². The first-order chi connectivity index (χ1) is 13.6.